The minimum Gasteiger partial charge on any atom is -0.437 e. The number of nitrogens with zero attached hydrogens (tertiary/aromatic N) is 2. The second kappa shape index (κ2) is 7.52. The topological polar surface area (TPSA) is 102 Å². The molecule has 26 heavy (non-hydrogen) atoms. The summed E-state index contributed by atoms with van der Waals surface area (Å²) in [5, 5.41) is 0. The average molecular weight is 349 g/mol. The first-order valence-electron chi connectivity index (χ1n) is 8.01. The normalized spacial score (nSPS) is 10.2. The van der Waals surface area contributed by atoms with Crippen LogP contribution in [0, 0.1) is 13.8 Å². The molecule has 3 aromatic rings. The fourth-order valence-corrected chi connectivity index (χ4v) is 2.23. The van der Waals surface area contributed by atoms with Crippen molar-refractivity contribution in [2.45, 2.75) is 13.8 Å². The summed E-state index contributed by atoms with van der Waals surface area (Å²) in [6, 6.07) is 14.5. The number of hydrogen-bond donors (Lipinski definition) is 3. The third-order valence-electron chi connectivity index (χ3n) is 3.87. The summed E-state index contributed by atoms with van der Waals surface area (Å²) in [6.45, 7) is 4.02. The summed E-state index contributed by atoms with van der Waals surface area (Å²) < 4.78 is 5.75. The Hall–Kier alpha value is -3.61. The molecule has 0 unspecified atom stereocenters. The van der Waals surface area contributed by atoms with Crippen molar-refractivity contribution >= 4 is 17.4 Å². The molecular weight excluding hydrogens is 330 g/mol. The molecule has 1 aromatic heterocycles. The summed E-state index contributed by atoms with van der Waals surface area (Å²) in [5.74, 6) is 0.779. The van der Waals surface area contributed by atoms with Gasteiger partial charge in [-0.3, -0.25) is 15.6 Å². The molecule has 3 rings (SSSR count). The van der Waals surface area contributed by atoms with Gasteiger partial charge < -0.3 is 10.5 Å². The van der Waals surface area contributed by atoms with Crippen molar-refractivity contribution < 1.29 is 9.53 Å². The van der Waals surface area contributed by atoms with Crippen molar-refractivity contribution in [1.82, 2.24) is 15.4 Å². The number of hydrazine groups is 1. The van der Waals surface area contributed by atoms with Gasteiger partial charge in [-0.1, -0.05) is 24.3 Å². The van der Waals surface area contributed by atoms with E-state index in [2.05, 4.69) is 20.8 Å². The van der Waals surface area contributed by atoms with Crippen LogP contribution in [0.25, 0.3) is 0 Å². The fourth-order valence-electron chi connectivity index (χ4n) is 2.23. The van der Waals surface area contributed by atoms with Crippen LogP contribution in [0.2, 0.25) is 0 Å². The molecule has 4 N–H and O–H groups in total. The Balaban J connectivity index is 1.72. The Morgan fingerprint density at radius 1 is 1.04 bits per heavy atom. The largest absolute Gasteiger partial charge is 0.437 e. The van der Waals surface area contributed by atoms with E-state index in [0.29, 0.717) is 11.3 Å². The highest BCUT2D eigenvalue weighted by Gasteiger charge is 2.12. The summed E-state index contributed by atoms with van der Waals surface area (Å²) >= 11 is 0. The fraction of sp³-hybridized carbons (Fsp3) is 0.105. The predicted octanol–water partition coefficient (Wildman–Crippen LogP) is 3.22. The van der Waals surface area contributed by atoms with Crippen molar-refractivity contribution in [2.75, 3.05) is 11.2 Å². The van der Waals surface area contributed by atoms with E-state index in [1.807, 2.05) is 38.1 Å². The van der Waals surface area contributed by atoms with Gasteiger partial charge in [0.05, 0.1) is 0 Å². The number of benzene rings is 2. The van der Waals surface area contributed by atoms with Gasteiger partial charge in [-0.05, 0) is 49.2 Å². The monoisotopic (exact) mass is 349 g/mol. The Morgan fingerprint density at radius 3 is 2.54 bits per heavy atom. The summed E-state index contributed by atoms with van der Waals surface area (Å²) in [6.07, 6.45) is 1.31. The number of nitrogen functional groups attached to an aromatic ring is 1. The van der Waals surface area contributed by atoms with Gasteiger partial charge in [-0.15, -0.1) is 0 Å². The van der Waals surface area contributed by atoms with Gasteiger partial charge in [0.2, 0.25) is 5.88 Å². The summed E-state index contributed by atoms with van der Waals surface area (Å²) in [7, 11) is 0. The number of anilines is 2. The van der Waals surface area contributed by atoms with Gasteiger partial charge >= 0.3 is 0 Å². The van der Waals surface area contributed by atoms with E-state index in [4.69, 9.17) is 10.5 Å². The van der Waals surface area contributed by atoms with E-state index in [1.165, 1.54) is 11.9 Å². The van der Waals surface area contributed by atoms with Crippen LogP contribution in [0.15, 0.2) is 54.9 Å². The third kappa shape index (κ3) is 3.89. The Labute approximate surface area is 151 Å². The molecule has 0 spiro atoms. The molecule has 7 heteroatoms. The lowest BCUT2D eigenvalue weighted by atomic mass is 10.1. The van der Waals surface area contributed by atoms with Crippen molar-refractivity contribution in [3.63, 3.8) is 0 Å². The molecule has 0 aliphatic heterocycles. The Morgan fingerprint density at radius 2 is 1.81 bits per heavy atom. The van der Waals surface area contributed by atoms with Crippen LogP contribution in [0.4, 0.5) is 11.5 Å². The van der Waals surface area contributed by atoms with Crippen LogP contribution in [0.3, 0.4) is 0 Å². The molecule has 2 aromatic carbocycles. The number of carbonyl (C=O) groups is 1. The van der Waals surface area contributed by atoms with Crippen LogP contribution in [-0.4, -0.2) is 15.9 Å². The number of ether oxygens (including phenoxy) is 1. The van der Waals surface area contributed by atoms with Gasteiger partial charge in [-0.25, -0.2) is 4.98 Å². The van der Waals surface area contributed by atoms with Gasteiger partial charge in [0.25, 0.3) is 5.91 Å². The van der Waals surface area contributed by atoms with Crippen LogP contribution >= 0.6 is 0 Å². The molecule has 1 amide bonds. The molecule has 0 radical (unpaired) electrons. The molecular formula is C19H19N5O2. The quantitative estimate of drug-likeness (QED) is 0.611. The first-order valence-corrected chi connectivity index (χ1v) is 8.01. The second-order valence-corrected chi connectivity index (χ2v) is 5.73. The molecule has 7 nitrogen and oxygen atoms in total. The molecule has 0 fully saturated rings. The van der Waals surface area contributed by atoms with Gasteiger partial charge in [0.15, 0.2) is 5.82 Å². The first kappa shape index (κ1) is 17.2. The highest BCUT2D eigenvalue weighted by atomic mass is 16.5. The summed E-state index contributed by atoms with van der Waals surface area (Å²) in [5.41, 5.74) is 14.3. The van der Waals surface area contributed by atoms with E-state index in [0.717, 1.165) is 5.56 Å². The minimum atomic E-state index is -0.305. The average Bonchev–Trinajstić information content (AvgIpc) is 2.66. The molecule has 0 aliphatic carbocycles. The van der Waals surface area contributed by atoms with Crippen molar-refractivity contribution in [1.29, 1.82) is 0 Å². The van der Waals surface area contributed by atoms with E-state index >= 15 is 0 Å². The maximum absolute atomic E-state index is 12.1. The lowest BCUT2D eigenvalue weighted by Crippen LogP contribution is -2.30. The molecule has 132 valence electrons. The van der Waals surface area contributed by atoms with Crippen molar-refractivity contribution in [3.8, 4) is 11.6 Å². The number of amides is 1. The van der Waals surface area contributed by atoms with Gasteiger partial charge in [0, 0.05) is 5.56 Å². The highest BCUT2D eigenvalue weighted by molar-refractivity contribution is 5.95. The predicted molar refractivity (Wildman–Crippen MR) is 100.0 cm³/mol. The smallest absolute Gasteiger partial charge is 0.269 e. The molecule has 0 aliphatic rings. The highest BCUT2D eigenvalue weighted by Crippen LogP contribution is 2.29. The Kier molecular flexibility index (Phi) is 4.98. The lowest BCUT2D eigenvalue weighted by molar-refractivity contribution is 0.0962. The van der Waals surface area contributed by atoms with E-state index in [1.54, 1.807) is 24.3 Å². The molecule has 0 atom stereocenters. The van der Waals surface area contributed by atoms with E-state index < -0.39 is 0 Å². The summed E-state index contributed by atoms with van der Waals surface area (Å²) in [4.78, 5) is 20.2. The number of hydrogen-bond acceptors (Lipinski definition) is 6. The van der Waals surface area contributed by atoms with Crippen molar-refractivity contribution in [3.05, 3.63) is 71.5 Å². The third-order valence-corrected chi connectivity index (χ3v) is 3.87. The number of nitrogens with two attached hydrogens (primary N) is 1. The van der Waals surface area contributed by atoms with Crippen LogP contribution in [0.5, 0.6) is 11.6 Å². The maximum atomic E-state index is 12.1. The number of rotatable bonds is 5. The van der Waals surface area contributed by atoms with Gasteiger partial charge in [-0.2, -0.15) is 4.98 Å². The standard InChI is InChI=1S/C19H19N5O2/c1-12-8-9-15(10-13(12)2)26-19-16(20)17(21-11-22-19)23-24-18(25)14-6-4-3-5-7-14/h3-11H,20H2,1-2H3,(H,24,25)(H,21,22,23). The van der Waals surface area contributed by atoms with Crippen LogP contribution < -0.4 is 21.3 Å². The van der Waals surface area contributed by atoms with Gasteiger partial charge in [0.1, 0.15) is 17.8 Å². The lowest BCUT2D eigenvalue weighted by Gasteiger charge is -2.13. The Bertz CT molecular complexity index is 928. The van der Waals surface area contributed by atoms with Crippen LogP contribution in [-0.2, 0) is 0 Å². The molecule has 0 bridgehead atoms. The molecule has 1 heterocycles. The van der Waals surface area contributed by atoms with Crippen LogP contribution in [0.1, 0.15) is 21.5 Å². The number of nitrogens with one attached hydrogen (secondary N) is 2. The SMILES string of the molecule is Cc1ccc(Oc2ncnc(NNC(=O)c3ccccc3)c2N)cc1C. The minimum absolute atomic E-state index is 0.194. The molecule has 0 saturated heterocycles. The second-order valence-electron chi connectivity index (χ2n) is 5.73. The maximum Gasteiger partial charge on any atom is 0.269 e. The number of aryl methyl sites for hydroxylation is 2. The zero-order valence-electron chi connectivity index (χ0n) is 14.5. The zero-order chi connectivity index (χ0) is 18.5. The molecule has 0 saturated carbocycles. The first-order chi connectivity index (χ1) is 12.5. The van der Waals surface area contributed by atoms with E-state index in [9.17, 15) is 4.79 Å². The van der Waals surface area contributed by atoms with E-state index in [-0.39, 0.29) is 23.3 Å². The number of carbonyl (C=O) groups excluding carboxylic acids is 1. The number of aromatic nitrogens is 2. The van der Waals surface area contributed by atoms with Crippen molar-refractivity contribution in [2.24, 2.45) is 0 Å². The zero-order valence-corrected chi connectivity index (χ0v) is 14.5.